The summed E-state index contributed by atoms with van der Waals surface area (Å²) in [7, 11) is 9.61. The van der Waals surface area contributed by atoms with Crippen molar-refractivity contribution in [2.45, 2.75) is 0 Å². The molecular formula is C24H28N2O6. The number of hydrogen-bond acceptors (Lipinski definition) is 8. The molecule has 0 aliphatic rings. The third-order valence-electron chi connectivity index (χ3n) is 4.82. The van der Waals surface area contributed by atoms with E-state index in [9.17, 15) is 0 Å². The number of methoxy groups -OCH3 is 6. The molecule has 0 atom stereocenters. The highest BCUT2D eigenvalue weighted by molar-refractivity contribution is 5.82. The Morgan fingerprint density at radius 3 is 1.38 bits per heavy atom. The van der Waals surface area contributed by atoms with Gasteiger partial charge in [-0.1, -0.05) is 0 Å². The lowest BCUT2D eigenvalue weighted by atomic mass is 10.2. The third kappa shape index (κ3) is 5.03. The van der Waals surface area contributed by atoms with E-state index in [2.05, 4.69) is 10.6 Å². The minimum Gasteiger partial charge on any atom is -0.497 e. The Kier molecular flexibility index (Phi) is 7.38. The van der Waals surface area contributed by atoms with Crippen LogP contribution in [0.1, 0.15) is 0 Å². The van der Waals surface area contributed by atoms with Gasteiger partial charge in [0.1, 0.15) is 11.5 Å². The van der Waals surface area contributed by atoms with Gasteiger partial charge in [0.05, 0.1) is 54.0 Å². The molecule has 0 amide bonds. The van der Waals surface area contributed by atoms with Crippen molar-refractivity contribution in [3.05, 3.63) is 48.5 Å². The minimum absolute atomic E-state index is 0.586. The maximum absolute atomic E-state index is 5.50. The lowest BCUT2D eigenvalue weighted by molar-refractivity contribution is 0.355. The average Bonchev–Trinajstić information content (AvgIpc) is 2.84. The van der Waals surface area contributed by atoms with E-state index in [1.165, 1.54) is 0 Å². The summed E-state index contributed by atoms with van der Waals surface area (Å²) < 4.78 is 32.5. The summed E-state index contributed by atoms with van der Waals surface area (Å²) in [4.78, 5) is 0. The van der Waals surface area contributed by atoms with Gasteiger partial charge < -0.3 is 39.1 Å². The van der Waals surface area contributed by atoms with Crippen molar-refractivity contribution in [1.29, 1.82) is 0 Å². The zero-order valence-corrected chi connectivity index (χ0v) is 19.1. The van der Waals surface area contributed by atoms with Gasteiger partial charge in [0, 0.05) is 47.8 Å². The van der Waals surface area contributed by atoms with Crippen LogP contribution in [-0.2, 0) is 0 Å². The quantitative estimate of drug-likeness (QED) is 0.444. The van der Waals surface area contributed by atoms with Crippen LogP contribution in [0.15, 0.2) is 48.5 Å². The first-order chi connectivity index (χ1) is 15.5. The van der Waals surface area contributed by atoms with E-state index < -0.39 is 0 Å². The first kappa shape index (κ1) is 22.7. The standard InChI is InChI=1S/C24H28N2O6/c1-27-17-9-16(10-18(12-17)28-2)26-20-14-24(32-6)23(31-5)13-19(20)25-15-7-8-21(29-3)22(11-15)30-4/h7-14,25-26H,1-6H3. The van der Waals surface area contributed by atoms with E-state index in [0.717, 1.165) is 22.7 Å². The van der Waals surface area contributed by atoms with Crippen molar-refractivity contribution in [2.24, 2.45) is 0 Å². The van der Waals surface area contributed by atoms with Crippen molar-refractivity contribution in [3.8, 4) is 34.5 Å². The van der Waals surface area contributed by atoms with Gasteiger partial charge >= 0.3 is 0 Å². The van der Waals surface area contributed by atoms with E-state index in [4.69, 9.17) is 28.4 Å². The smallest absolute Gasteiger partial charge is 0.162 e. The molecule has 0 heterocycles. The van der Waals surface area contributed by atoms with Gasteiger partial charge in [0.2, 0.25) is 0 Å². The maximum Gasteiger partial charge on any atom is 0.162 e. The Bertz CT molecular complexity index is 1050. The molecule has 8 nitrogen and oxygen atoms in total. The first-order valence-corrected chi connectivity index (χ1v) is 9.80. The molecule has 0 saturated carbocycles. The molecule has 0 bridgehead atoms. The zero-order chi connectivity index (χ0) is 23.1. The molecule has 32 heavy (non-hydrogen) atoms. The van der Waals surface area contributed by atoms with E-state index in [1.54, 1.807) is 42.7 Å². The van der Waals surface area contributed by atoms with Gasteiger partial charge in [-0.3, -0.25) is 0 Å². The predicted molar refractivity (Wildman–Crippen MR) is 125 cm³/mol. The van der Waals surface area contributed by atoms with Crippen LogP contribution in [0.5, 0.6) is 34.5 Å². The molecule has 0 radical (unpaired) electrons. The second kappa shape index (κ2) is 10.4. The van der Waals surface area contributed by atoms with Crippen LogP contribution >= 0.6 is 0 Å². The topological polar surface area (TPSA) is 79.4 Å². The number of nitrogens with one attached hydrogen (secondary N) is 2. The Morgan fingerprint density at radius 2 is 0.906 bits per heavy atom. The van der Waals surface area contributed by atoms with Crippen LogP contribution in [0.3, 0.4) is 0 Å². The van der Waals surface area contributed by atoms with Gasteiger partial charge in [-0.25, -0.2) is 0 Å². The minimum atomic E-state index is 0.586. The summed E-state index contributed by atoms with van der Waals surface area (Å²) in [5, 5.41) is 6.81. The van der Waals surface area contributed by atoms with E-state index in [1.807, 2.05) is 48.5 Å². The monoisotopic (exact) mass is 440 g/mol. The van der Waals surface area contributed by atoms with E-state index in [-0.39, 0.29) is 0 Å². The molecule has 3 aromatic rings. The van der Waals surface area contributed by atoms with Crippen LogP contribution < -0.4 is 39.1 Å². The van der Waals surface area contributed by atoms with E-state index in [0.29, 0.717) is 34.5 Å². The fourth-order valence-corrected chi connectivity index (χ4v) is 3.19. The lowest BCUT2D eigenvalue weighted by Crippen LogP contribution is -2.01. The summed E-state index contributed by atoms with van der Waals surface area (Å²) in [5.74, 6) is 3.77. The van der Waals surface area contributed by atoms with Crippen LogP contribution in [0.25, 0.3) is 0 Å². The van der Waals surface area contributed by atoms with Crippen LogP contribution in [0.4, 0.5) is 22.7 Å². The highest BCUT2D eigenvalue weighted by atomic mass is 16.5. The summed E-state index contributed by atoms with van der Waals surface area (Å²) in [6, 6.07) is 14.9. The molecule has 0 saturated heterocycles. The predicted octanol–water partition coefficient (Wildman–Crippen LogP) is 5.23. The highest BCUT2D eigenvalue weighted by Crippen LogP contribution is 2.41. The maximum atomic E-state index is 5.50. The Labute approximate surface area is 188 Å². The fraction of sp³-hybridized carbons (Fsp3) is 0.250. The summed E-state index contributed by atoms with van der Waals surface area (Å²) in [5.41, 5.74) is 3.11. The Balaban J connectivity index is 2.04. The van der Waals surface area contributed by atoms with Gasteiger partial charge in [-0.15, -0.1) is 0 Å². The zero-order valence-electron chi connectivity index (χ0n) is 19.1. The third-order valence-corrected chi connectivity index (χ3v) is 4.82. The second-order valence-electron chi connectivity index (χ2n) is 6.67. The van der Waals surface area contributed by atoms with Crippen molar-refractivity contribution in [1.82, 2.24) is 0 Å². The number of ether oxygens (including phenoxy) is 6. The highest BCUT2D eigenvalue weighted by Gasteiger charge is 2.14. The second-order valence-corrected chi connectivity index (χ2v) is 6.67. The SMILES string of the molecule is COc1cc(Nc2cc(OC)c(OC)cc2Nc2ccc(OC)c(OC)c2)cc(OC)c1. The number of anilines is 4. The lowest BCUT2D eigenvalue weighted by Gasteiger charge is -2.19. The number of benzene rings is 3. The van der Waals surface area contributed by atoms with Gasteiger partial charge in [-0.2, -0.15) is 0 Å². The average molecular weight is 440 g/mol. The van der Waals surface area contributed by atoms with Gasteiger partial charge in [0.15, 0.2) is 23.0 Å². The molecule has 3 rings (SSSR count). The molecule has 0 spiro atoms. The molecule has 3 aromatic carbocycles. The van der Waals surface area contributed by atoms with Crippen LogP contribution in [-0.4, -0.2) is 42.7 Å². The first-order valence-electron chi connectivity index (χ1n) is 9.80. The van der Waals surface area contributed by atoms with Crippen LogP contribution in [0, 0.1) is 0 Å². The molecule has 0 aromatic heterocycles. The van der Waals surface area contributed by atoms with Crippen molar-refractivity contribution in [3.63, 3.8) is 0 Å². The molecule has 0 fully saturated rings. The fourth-order valence-electron chi connectivity index (χ4n) is 3.19. The molecule has 2 N–H and O–H groups in total. The molecular weight excluding hydrogens is 412 g/mol. The number of rotatable bonds is 10. The van der Waals surface area contributed by atoms with Crippen LogP contribution in [0.2, 0.25) is 0 Å². The summed E-state index contributed by atoms with van der Waals surface area (Å²) >= 11 is 0. The van der Waals surface area contributed by atoms with E-state index >= 15 is 0 Å². The van der Waals surface area contributed by atoms with Gasteiger partial charge in [0.25, 0.3) is 0 Å². The van der Waals surface area contributed by atoms with Gasteiger partial charge in [-0.05, 0) is 12.1 Å². The normalized spacial score (nSPS) is 10.2. The van der Waals surface area contributed by atoms with Crippen molar-refractivity contribution < 1.29 is 28.4 Å². The largest absolute Gasteiger partial charge is 0.497 e. The molecule has 170 valence electrons. The number of hydrogen-bond donors (Lipinski definition) is 2. The summed E-state index contributed by atoms with van der Waals surface area (Å²) in [6.07, 6.45) is 0. The van der Waals surface area contributed by atoms with Crippen molar-refractivity contribution >= 4 is 22.7 Å². The Hall–Kier alpha value is -3.94. The molecule has 0 unspecified atom stereocenters. The summed E-state index contributed by atoms with van der Waals surface area (Å²) in [6.45, 7) is 0. The molecule has 8 heteroatoms. The van der Waals surface area contributed by atoms with Crippen molar-refractivity contribution in [2.75, 3.05) is 53.3 Å². The Morgan fingerprint density at radius 1 is 0.438 bits per heavy atom. The molecule has 0 aliphatic carbocycles. The molecule has 0 aliphatic heterocycles.